The SMILES string of the molecule is CCC(CC)NC(=O)C(C)Nc1cc(Cl)ccc1C. The van der Waals surface area contributed by atoms with E-state index >= 15 is 0 Å². The van der Waals surface area contributed by atoms with Gasteiger partial charge in [-0.1, -0.05) is 31.5 Å². The van der Waals surface area contributed by atoms with E-state index < -0.39 is 0 Å². The second-order valence-electron chi connectivity index (χ2n) is 4.85. The van der Waals surface area contributed by atoms with Crippen LogP contribution in [0.5, 0.6) is 0 Å². The summed E-state index contributed by atoms with van der Waals surface area (Å²) in [5, 5.41) is 6.91. The molecule has 3 nitrogen and oxygen atoms in total. The molecule has 0 bridgehead atoms. The number of aryl methyl sites for hydroxylation is 1. The summed E-state index contributed by atoms with van der Waals surface area (Å²) in [7, 11) is 0. The van der Waals surface area contributed by atoms with Gasteiger partial charge in [-0.15, -0.1) is 0 Å². The maximum atomic E-state index is 12.1. The van der Waals surface area contributed by atoms with Crippen LogP contribution < -0.4 is 10.6 Å². The van der Waals surface area contributed by atoms with Crippen molar-refractivity contribution in [2.45, 2.75) is 52.6 Å². The van der Waals surface area contributed by atoms with Crippen LogP contribution in [-0.2, 0) is 4.79 Å². The molecule has 1 amide bonds. The molecule has 1 unspecified atom stereocenters. The van der Waals surface area contributed by atoms with Gasteiger partial charge in [-0.3, -0.25) is 4.79 Å². The Bertz CT molecular complexity index is 430. The molecule has 0 spiro atoms. The van der Waals surface area contributed by atoms with Crippen LogP contribution in [0.15, 0.2) is 18.2 Å². The first kappa shape index (κ1) is 15.8. The van der Waals surface area contributed by atoms with Gasteiger partial charge in [0.15, 0.2) is 0 Å². The summed E-state index contributed by atoms with van der Waals surface area (Å²) in [5.41, 5.74) is 1.98. The Morgan fingerprint density at radius 1 is 1.32 bits per heavy atom. The van der Waals surface area contributed by atoms with E-state index in [1.807, 2.05) is 32.0 Å². The van der Waals surface area contributed by atoms with Gasteiger partial charge in [0, 0.05) is 16.8 Å². The van der Waals surface area contributed by atoms with Crippen LogP contribution in [0, 0.1) is 6.92 Å². The smallest absolute Gasteiger partial charge is 0.242 e. The number of amides is 1. The molecule has 0 aliphatic rings. The summed E-state index contributed by atoms with van der Waals surface area (Å²) >= 11 is 5.97. The van der Waals surface area contributed by atoms with Crippen LogP contribution >= 0.6 is 11.6 Å². The summed E-state index contributed by atoms with van der Waals surface area (Å²) in [5.74, 6) is 0.0214. The number of anilines is 1. The minimum Gasteiger partial charge on any atom is -0.374 e. The van der Waals surface area contributed by atoms with Crippen LogP contribution in [-0.4, -0.2) is 18.0 Å². The molecule has 0 saturated heterocycles. The third-order valence-corrected chi connectivity index (χ3v) is 3.53. The summed E-state index contributed by atoms with van der Waals surface area (Å²) in [6.45, 7) is 8.00. The van der Waals surface area contributed by atoms with Crippen molar-refractivity contribution in [3.8, 4) is 0 Å². The Balaban J connectivity index is 2.65. The first-order valence-corrected chi connectivity index (χ1v) is 7.18. The summed E-state index contributed by atoms with van der Waals surface area (Å²) in [6.07, 6.45) is 1.90. The molecular weight excluding hydrogens is 260 g/mol. The number of hydrogen-bond donors (Lipinski definition) is 2. The minimum absolute atomic E-state index is 0.0214. The second-order valence-corrected chi connectivity index (χ2v) is 5.28. The maximum Gasteiger partial charge on any atom is 0.242 e. The largest absolute Gasteiger partial charge is 0.374 e. The lowest BCUT2D eigenvalue weighted by Gasteiger charge is -2.21. The van der Waals surface area contributed by atoms with Gasteiger partial charge in [-0.25, -0.2) is 0 Å². The number of halogens is 1. The lowest BCUT2D eigenvalue weighted by atomic mass is 10.1. The van der Waals surface area contributed by atoms with Crippen molar-refractivity contribution in [2.24, 2.45) is 0 Å². The highest BCUT2D eigenvalue weighted by Gasteiger charge is 2.16. The molecule has 1 aromatic rings. The molecule has 0 aliphatic heterocycles. The van der Waals surface area contributed by atoms with Gasteiger partial charge in [-0.2, -0.15) is 0 Å². The monoisotopic (exact) mass is 282 g/mol. The molecule has 1 rings (SSSR count). The van der Waals surface area contributed by atoms with Gasteiger partial charge in [-0.05, 0) is 44.4 Å². The van der Waals surface area contributed by atoms with E-state index in [1.54, 1.807) is 0 Å². The predicted molar refractivity (Wildman–Crippen MR) is 81.8 cm³/mol. The first-order chi connectivity index (χ1) is 8.97. The Kier molecular flexibility index (Phi) is 6.16. The molecule has 1 aromatic carbocycles. The van der Waals surface area contributed by atoms with Crippen molar-refractivity contribution >= 4 is 23.2 Å². The molecule has 106 valence electrons. The Morgan fingerprint density at radius 3 is 2.53 bits per heavy atom. The highest BCUT2D eigenvalue weighted by Crippen LogP contribution is 2.20. The zero-order chi connectivity index (χ0) is 14.4. The van der Waals surface area contributed by atoms with Crippen molar-refractivity contribution in [1.29, 1.82) is 0 Å². The van der Waals surface area contributed by atoms with Gasteiger partial charge in [0.05, 0.1) is 0 Å². The van der Waals surface area contributed by atoms with E-state index in [0.717, 1.165) is 24.1 Å². The van der Waals surface area contributed by atoms with E-state index in [1.165, 1.54) is 0 Å². The average Bonchev–Trinajstić information content (AvgIpc) is 2.39. The molecular formula is C15H23ClN2O. The summed E-state index contributed by atoms with van der Waals surface area (Å²) < 4.78 is 0. The topological polar surface area (TPSA) is 41.1 Å². The number of carbonyl (C=O) groups excluding carboxylic acids is 1. The van der Waals surface area contributed by atoms with Gasteiger partial charge in [0.2, 0.25) is 5.91 Å². The molecule has 4 heteroatoms. The highest BCUT2D eigenvalue weighted by molar-refractivity contribution is 6.30. The average molecular weight is 283 g/mol. The van der Waals surface area contributed by atoms with Crippen LogP contribution in [0.25, 0.3) is 0 Å². The molecule has 0 fully saturated rings. The Labute approximate surface area is 120 Å². The number of nitrogens with one attached hydrogen (secondary N) is 2. The molecule has 19 heavy (non-hydrogen) atoms. The summed E-state index contributed by atoms with van der Waals surface area (Å²) in [4.78, 5) is 12.1. The van der Waals surface area contributed by atoms with Crippen molar-refractivity contribution in [2.75, 3.05) is 5.32 Å². The quantitative estimate of drug-likeness (QED) is 0.834. The van der Waals surface area contributed by atoms with Gasteiger partial charge in [0.1, 0.15) is 6.04 Å². The third kappa shape index (κ3) is 4.75. The molecule has 2 N–H and O–H groups in total. The lowest BCUT2D eigenvalue weighted by molar-refractivity contribution is -0.122. The molecule has 0 radical (unpaired) electrons. The minimum atomic E-state index is -0.280. The van der Waals surface area contributed by atoms with Crippen molar-refractivity contribution in [3.63, 3.8) is 0 Å². The lowest BCUT2D eigenvalue weighted by Crippen LogP contribution is -2.42. The van der Waals surface area contributed by atoms with Crippen LogP contribution in [0.3, 0.4) is 0 Å². The number of rotatable bonds is 6. The molecule has 0 aliphatic carbocycles. The molecule has 0 saturated carbocycles. The Hall–Kier alpha value is -1.22. The van der Waals surface area contributed by atoms with E-state index in [9.17, 15) is 4.79 Å². The Morgan fingerprint density at radius 2 is 1.95 bits per heavy atom. The zero-order valence-corrected chi connectivity index (χ0v) is 12.8. The van der Waals surface area contributed by atoms with Gasteiger partial charge in [0.25, 0.3) is 0 Å². The van der Waals surface area contributed by atoms with Crippen LogP contribution in [0.1, 0.15) is 39.2 Å². The standard InChI is InChI=1S/C15H23ClN2O/c1-5-13(6-2)18-15(19)11(4)17-14-9-12(16)8-7-10(14)3/h7-9,11,13,17H,5-6H2,1-4H3,(H,18,19). The van der Waals surface area contributed by atoms with E-state index in [0.29, 0.717) is 5.02 Å². The highest BCUT2D eigenvalue weighted by atomic mass is 35.5. The fourth-order valence-corrected chi connectivity index (χ4v) is 2.04. The van der Waals surface area contributed by atoms with Crippen molar-refractivity contribution < 1.29 is 4.79 Å². The third-order valence-electron chi connectivity index (χ3n) is 3.30. The fourth-order valence-electron chi connectivity index (χ4n) is 1.87. The zero-order valence-electron chi connectivity index (χ0n) is 12.1. The van der Waals surface area contributed by atoms with Crippen LogP contribution in [0.4, 0.5) is 5.69 Å². The van der Waals surface area contributed by atoms with Gasteiger partial charge >= 0.3 is 0 Å². The van der Waals surface area contributed by atoms with Crippen LogP contribution in [0.2, 0.25) is 5.02 Å². The fraction of sp³-hybridized carbons (Fsp3) is 0.533. The van der Waals surface area contributed by atoms with Crippen molar-refractivity contribution in [3.05, 3.63) is 28.8 Å². The van der Waals surface area contributed by atoms with E-state index in [2.05, 4.69) is 24.5 Å². The second kappa shape index (κ2) is 7.39. The molecule has 0 heterocycles. The maximum absolute atomic E-state index is 12.1. The predicted octanol–water partition coefficient (Wildman–Crippen LogP) is 3.75. The van der Waals surface area contributed by atoms with Gasteiger partial charge < -0.3 is 10.6 Å². The van der Waals surface area contributed by atoms with Crippen molar-refractivity contribution in [1.82, 2.24) is 5.32 Å². The van der Waals surface area contributed by atoms with E-state index in [-0.39, 0.29) is 18.0 Å². The molecule has 0 aromatic heterocycles. The normalized spacial score (nSPS) is 12.3. The summed E-state index contributed by atoms with van der Waals surface area (Å²) in [6, 6.07) is 5.60. The number of hydrogen-bond acceptors (Lipinski definition) is 2. The number of carbonyl (C=O) groups is 1. The van der Waals surface area contributed by atoms with E-state index in [4.69, 9.17) is 11.6 Å². The molecule has 1 atom stereocenters. The first-order valence-electron chi connectivity index (χ1n) is 6.81. The number of benzene rings is 1.